The smallest absolute Gasteiger partial charge is 0.0972 e. The minimum Gasteiger partial charge on any atom is -0.411 e. The number of rotatable bonds is 3. The molecule has 0 aliphatic heterocycles. The molecule has 1 aromatic heterocycles. The fourth-order valence-electron chi connectivity index (χ4n) is 5.48. The van der Waals surface area contributed by atoms with Crippen molar-refractivity contribution in [3.63, 3.8) is 0 Å². The quantitative estimate of drug-likeness (QED) is 0.490. The molecule has 2 nitrogen and oxygen atoms in total. The molecule has 4 fully saturated rings. The van der Waals surface area contributed by atoms with Gasteiger partial charge in [0.05, 0.1) is 10.6 Å². The molecule has 0 aromatic carbocycles. The van der Waals surface area contributed by atoms with Crippen LogP contribution >= 0.6 is 11.3 Å². The van der Waals surface area contributed by atoms with E-state index in [1.165, 1.54) is 38.5 Å². The maximum atomic E-state index is 9.39. The fraction of sp³-hybridized carbons (Fsp3) is 0.688. The number of oxime groups is 1. The topological polar surface area (TPSA) is 32.6 Å². The zero-order valence-electron chi connectivity index (χ0n) is 11.2. The zero-order valence-corrected chi connectivity index (χ0v) is 12.0. The van der Waals surface area contributed by atoms with Crippen LogP contribution in [-0.4, -0.2) is 10.9 Å². The number of nitrogens with zero attached hydrogens (tertiary/aromatic N) is 1. The van der Waals surface area contributed by atoms with Gasteiger partial charge in [-0.25, -0.2) is 0 Å². The highest BCUT2D eigenvalue weighted by atomic mass is 32.1. The lowest BCUT2D eigenvalue weighted by atomic mass is 9.48. The SMILES string of the molecule is O/N=C(/CC12CC3CC(CC(C3)C1)C2)c1cccs1. The Morgan fingerprint density at radius 1 is 1.21 bits per heavy atom. The highest BCUT2D eigenvalue weighted by Crippen LogP contribution is 2.61. The van der Waals surface area contributed by atoms with Crippen molar-refractivity contribution in [2.75, 3.05) is 0 Å². The van der Waals surface area contributed by atoms with Crippen molar-refractivity contribution < 1.29 is 5.21 Å². The Morgan fingerprint density at radius 3 is 2.32 bits per heavy atom. The summed E-state index contributed by atoms with van der Waals surface area (Å²) < 4.78 is 0. The van der Waals surface area contributed by atoms with E-state index in [2.05, 4.69) is 16.6 Å². The van der Waals surface area contributed by atoms with Crippen molar-refractivity contribution >= 4 is 17.0 Å². The molecule has 4 saturated carbocycles. The molecule has 0 spiro atoms. The van der Waals surface area contributed by atoms with Crippen LogP contribution in [-0.2, 0) is 0 Å². The summed E-state index contributed by atoms with van der Waals surface area (Å²) in [6.45, 7) is 0. The van der Waals surface area contributed by atoms with Crippen molar-refractivity contribution in [2.24, 2.45) is 28.3 Å². The molecule has 4 bridgehead atoms. The third kappa shape index (κ3) is 2.03. The van der Waals surface area contributed by atoms with Crippen LogP contribution in [0.4, 0.5) is 0 Å². The first-order valence-electron chi connectivity index (χ1n) is 7.51. The van der Waals surface area contributed by atoms with E-state index in [1.807, 2.05) is 6.07 Å². The standard InChI is InChI=1S/C16H21NOS/c18-17-14(15-2-1-3-19-15)10-16-7-11-4-12(8-16)6-13(5-11)9-16/h1-3,11-13,18H,4-10H2/b17-14-. The second kappa shape index (κ2) is 4.34. The molecular formula is C16H21NOS. The van der Waals surface area contributed by atoms with Crippen LogP contribution in [0.15, 0.2) is 22.7 Å². The summed E-state index contributed by atoms with van der Waals surface area (Å²) in [6.07, 6.45) is 9.56. The molecule has 102 valence electrons. The molecule has 0 saturated heterocycles. The van der Waals surface area contributed by atoms with Gasteiger partial charge in [-0.05, 0) is 73.1 Å². The predicted octanol–water partition coefficient (Wildman–Crippen LogP) is 4.53. The molecule has 1 N–H and O–H groups in total. The van der Waals surface area contributed by atoms with Crippen LogP contribution in [0.3, 0.4) is 0 Å². The lowest BCUT2D eigenvalue weighted by Gasteiger charge is -2.57. The van der Waals surface area contributed by atoms with Crippen LogP contribution in [0.2, 0.25) is 0 Å². The van der Waals surface area contributed by atoms with E-state index in [0.717, 1.165) is 34.8 Å². The van der Waals surface area contributed by atoms with E-state index in [4.69, 9.17) is 0 Å². The number of hydrogen-bond acceptors (Lipinski definition) is 3. The molecular weight excluding hydrogens is 254 g/mol. The Balaban J connectivity index is 1.59. The van der Waals surface area contributed by atoms with Gasteiger partial charge in [0.25, 0.3) is 0 Å². The monoisotopic (exact) mass is 275 g/mol. The average Bonchev–Trinajstić information content (AvgIpc) is 2.88. The highest BCUT2D eigenvalue weighted by Gasteiger charge is 2.51. The Morgan fingerprint density at radius 2 is 1.84 bits per heavy atom. The van der Waals surface area contributed by atoms with Crippen LogP contribution in [0, 0.1) is 23.2 Å². The first-order chi connectivity index (χ1) is 9.26. The normalized spacial score (nSPS) is 40.8. The third-order valence-corrected chi connectivity index (χ3v) is 6.55. The summed E-state index contributed by atoms with van der Waals surface area (Å²) in [6, 6.07) is 4.13. The van der Waals surface area contributed by atoms with E-state index in [0.29, 0.717) is 5.41 Å². The van der Waals surface area contributed by atoms with Crippen molar-refractivity contribution in [3.05, 3.63) is 22.4 Å². The number of thiophene rings is 1. The van der Waals surface area contributed by atoms with Crippen LogP contribution < -0.4 is 0 Å². The molecule has 4 aliphatic rings. The van der Waals surface area contributed by atoms with Gasteiger partial charge in [-0.1, -0.05) is 11.2 Å². The van der Waals surface area contributed by atoms with E-state index in [-0.39, 0.29) is 0 Å². The molecule has 19 heavy (non-hydrogen) atoms. The van der Waals surface area contributed by atoms with Gasteiger partial charge in [0.2, 0.25) is 0 Å². The minimum atomic E-state index is 0.459. The lowest BCUT2D eigenvalue weighted by molar-refractivity contribution is -0.0483. The number of hydrogen-bond donors (Lipinski definition) is 1. The third-order valence-electron chi connectivity index (χ3n) is 5.63. The van der Waals surface area contributed by atoms with E-state index >= 15 is 0 Å². The second-order valence-corrected chi connectivity index (χ2v) is 8.07. The van der Waals surface area contributed by atoms with E-state index in [9.17, 15) is 5.21 Å². The van der Waals surface area contributed by atoms with Gasteiger partial charge in [0.1, 0.15) is 0 Å². The second-order valence-electron chi connectivity index (χ2n) is 7.12. The summed E-state index contributed by atoms with van der Waals surface area (Å²) in [5.74, 6) is 2.90. The van der Waals surface area contributed by atoms with Crippen LogP contribution in [0.1, 0.15) is 49.8 Å². The molecule has 0 amide bonds. The Bertz CT molecular complexity index is 456. The molecule has 1 aromatic rings. The summed E-state index contributed by atoms with van der Waals surface area (Å²) in [4.78, 5) is 1.15. The van der Waals surface area contributed by atoms with Crippen molar-refractivity contribution in [2.45, 2.75) is 44.9 Å². The summed E-state index contributed by atoms with van der Waals surface area (Å²) >= 11 is 1.69. The largest absolute Gasteiger partial charge is 0.411 e. The molecule has 3 heteroatoms. The van der Waals surface area contributed by atoms with Crippen molar-refractivity contribution in [1.29, 1.82) is 0 Å². The molecule has 1 heterocycles. The fourth-order valence-corrected chi connectivity index (χ4v) is 6.19. The molecule has 0 unspecified atom stereocenters. The maximum Gasteiger partial charge on any atom is 0.0972 e. The molecule has 0 atom stereocenters. The van der Waals surface area contributed by atoms with Crippen molar-refractivity contribution in [1.82, 2.24) is 0 Å². The van der Waals surface area contributed by atoms with Gasteiger partial charge in [0, 0.05) is 6.42 Å². The minimum absolute atomic E-state index is 0.459. The van der Waals surface area contributed by atoms with Crippen LogP contribution in [0.25, 0.3) is 0 Å². The van der Waals surface area contributed by atoms with Gasteiger partial charge in [0.15, 0.2) is 0 Å². The summed E-state index contributed by atoms with van der Waals surface area (Å²) in [7, 11) is 0. The first-order valence-corrected chi connectivity index (χ1v) is 8.39. The van der Waals surface area contributed by atoms with Gasteiger partial charge in [-0.15, -0.1) is 11.3 Å². The molecule has 0 radical (unpaired) electrons. The van der Waals surface area contributed by atoms with E-state index in [1.54, 1.807) is 11.3 Å². The zero-order chi connectivity index (χ0) is 12.9. The van der Waals surface area contributed by atoms with Crippen molar-refractivity contribution in [3.8, 4) is 0 Å². The van der Waals surface area contributed by atoms with Gasteiger partial charge in [-0.2, -0.15) is 0 Å². The summed E-state index contributed by atoms with van der Waals surface area (Å²) in [5, 5.41) is 15.1. The Labute approximate surface area is 118 Å². The maximum absolute atomic E-state index is 9.39. The Hall–Kier alpha value is -0.830. The van der Waals surface area contributed by atoms with Crippen LogP contribution in [0.5, 0.6) is 0 Å². The molecule has 4 aliphatic carbocycles. The van der Waals surface area contributed by atoms with Gasteiger partial charge >= 0.3 is 0 Å². The van der Waals surface area contributed by atoms with E-state index < -0.39 is 0 Å². The highest BCUT2D eigenvalue weighted by molar-refractivity contribution is 7.12. The first kappa shape index (κ1) is 12.0. The molecule has 5 rings (SSSR count). The predicted molar refractivity (Wildman–Crippen MR) is 77.9 cm³/mol. The Kier molecular flexibility index (Phi) is 2.73. The van der Waals surface area contributed by atoms with Gasteiger partial charge in [-0.3, -0.25) is 0 Å². The summed E-state index contributed by atoms with van der Waals surface area (Å²) in [5.41, 5.74) is 1.39. The average molecular weight is 275 g/mol. The van der Waals surface area contributed by atoms with Gasteiger partial charge < -0.3 is 5.21 Å². The lowest BCUT2D eigenvalue weighted by Crippen LogP contribution is -2.46.